The molecule has 0 aromatic carbocycles. The lowest BCUT2D eigenvalue weighted by molar-refractivity contribution is -0.0811. The number of pyridine rings is 2. The summed E-state index contributed by atoms with van der Waals surface area (Å²) in [6, 6.07) is 4.99. The van der Waals surface area contributed by atoms with Crippen molar-refractivity contribution >= 4 is 11.0 Å². The largest absolute Gasteiger partial charge is 0.367 e. The van der Waals surface area contributed by atoms with Crippen LogP contribution in [0.5, 0.6) is 0 Å². The third-order valence-corrected chi connectivity index (χ3v) is 5.44. The Labute approximate surface area is 160 Å². The molecule has 1 aliphatic rings. The molecule has 142 valence electrons. The van der Waals surface area contributed by atoms with Crippen LogP contribution in [0.1, 0.15) is 26.0 Å². The van der Waals surface area contributed by atoms with Crippen LogP contribution in [0.4, 0.5) is 4.39 Å². The van der Waals surface area contributed by atoms with E-state index in [0.29, 0.717) is 30.2 Å². The third kappa shape index (κ3) is 2.60. The highest BCUT2D eigenvalue weighted by Crippen LogP contribution is 2.40. The molecule has 0 amide bonds. The first-order valence-corrected chi connectivity index (χ1v) is 9.22. The third-order valence-electron chi connectivity index (χ3n) is 5.44. The Morgan fingerprint density at radius 2 is 2.14 bits per heavy atom. The SMILES string of the molecule is CC[C@]1(C)Cn2nc(-c3ccc(F)cn3)c(-c3ccnc4[nH]ncc34)c2CO1. The molecular formula is C20H19FN6O. The molecule has 28 heavy (non-hydrogen) atoms. The molecule has 0 aliphatic carbocycles. The molecule has 7 nitrogen and oxygen atoms in total. The fraction of sp³-hybridized carbons (Fsp3) is 0.300. The van der Waals surface area contributed by atoms with Gasteiger partial charge < -0.3 is 4.74 Å². The Hall–Kier alpha value is -3.13. The van der Waals surface area contributed by atoms with E-state index in [4.69, 9.17) is 9.84 Å². The molecule has 0 unspecified atom stereocenters. The number of hydrogen-bond donors (Lipinski definition) is 1. The number of rotatable bonds is 3. The highest BCUT2D eigenvalue weighted by molar-refractivity contribution is 5.97. The first-order chi connectivity index (χ1) is 13.6. The fourth-order valence-corrected chi connectivity index (χ4v) is 3.64. The maximum Gasteiger partial charge on any atom is 0.155 e. The molecule has 0 fully saturated rings. The van der Waals surface area contributed by atoms with Crippen molar-refractivity contribution in [3.05, 3.63) is 48.3 Å². The molecule has 1 aliphatic heterocycles. The summed E-state index contributed by atoms with van der Waals surface area (Å²) in [5, 5.41) is 12.8. The van der Waals surface area contributed by atoms with E-state index in [2.05, 4.69) is 34.0 Å². The van der Waals surface area contributed by atoms with Gasteiger partial charge in [0.05, 0.1) is 42.5 Å². The highest BCUT2D eigenvalue weighted by atomic mass is 19.1. The number of nitrogens with one attached hydrogen (secondary N) is 1. The average molecular weight is 378 g/mol. The Morgan fingerprint density at radius 3 is 2.93 bits per heavy atom. The Bertz CT molecular complexity index is 1170. The summed E-state index contributed by atoms with van der Waals surface area (Å²) in [5.41, 5.74) is 4.59. The van der Waals surface area contributed by atoms with Crippen LogP contribution in [0.2, 0.25) is 0 Å². The van der Waals surface area contributed by atoms with Gasteiger partial charge in [-0.25, -0.2) is 9.37 Å². The van der Waals surface area contributed by atoms with Crippen LogP contribution >= 0.6 is 0 Å². The molecule has 0 saturated carbocycles. The summed E-state index contributed by atoms with van der Waals surface area (Å²) >= 11 is 0. The molecule has 5 heterocycles. The lowest BCUT2D eigenvalue weighted by atomic mass is 9.97. The van der Waals surface area contributed by atoms with Gasteiger partial charge in [-0.2, -0.15) is 10.2 Å². The predicted molar refractivity (Wildman–Crippen MR) is 102 cm³/mol. The first-order valence-electron chi connectivity index (χ1n) is 9.22. The summed E-state index contributed by atoms with van der Waals surface area (Å²) in [6.07, 6.45) is 5.59. The van der Waals surface area contributed by atoms with Gasteiger partial charge in [-0.1, -0.05) is 6.92 Å². The molecule has 1 atom stereocenters. The Balaban J connectivity index is 1.77. The van der Waals surface area contributed by atoms with Gasteiger partial charge in [-0.3, -0.25) is 14.8 Å². The summed E-state index contributed by atoms with van der Waals surface area (Å²) in [5.74, 6) is -0.377. The number of H-pyrrole nitrogens is 1. The molecule has 0 spiro atoms. The second kappa shape index (κ2) is 6.20. The molecule has 0 saturated heterocycles. The van der Waals surface area contributed by atoms with Gasteiger partial charge in [0.25, 0.3) is 0 Å². The van der Waals surface area contributed by atoms with E-state index in [1.54, 1.807) is 18.5 Å². The quantitative estimate of drug-likeness (QED) is 0.588. The molecule has 4 aromatic heterocycles. The van der Waals surface area contributed by atoms with Crippen molar-refractivity contribution in [2.75, 3.05) is 0 Å². The molecule has 4 aromatic rings. The molecule has 0 bridgehead atoms. The second-order valence-corrected chi connectivity index (χ2v) is 7.27. The zero-order valence-corrected chi connectivity index (χ0v) is 15.6. The van der Waals surface area contributed by atoms with Crippen LogP contribution in [0, 0.1) is 5.82 Å². The topological polar surface area (TPSA) is 81.5 Å². The number of nitrogens with zero attached hydrogens (tertiary/aromatic N) is 5. The van der Waals surface area contributed by atoms with E-state index >= 15 is 0 Å². The number of aromatic amines is 1. The van der Waals surface area contributed by atoms with Gasteiger partial charge in [-0.15, -0.1) is 0 Å². The second-order valence-electron chi connectivity index (χ2n) is 7.27. The van der Waals surface area contributed by atoms with Crippen LogP contribution in [0.25, 0.3) is 33.5 Å². The maximum atomic E-state index is 13.4. The van der Waals surface area contributed by atoms with Crippen LogP contribution in [-0.2, 0) is 17.9 Å². The van der Waals surface area contributed by atoms with E-state index < -0.39 is 0 Å². The van der Waals surface area contributed by atoms with Crippen molar-refractivity contribution in [3.63, 3.8) is 0 Å². The Kier molecular flexibility index (Phi) is 3.77. The van der Waals surface area contributed by atoms with Gasteiger partial charge in [0, 0.05) is 22.7 Å². The summed E-state index contributed by atoms with van der Waals surface area (Å²) in [7, 11) is 0. The monoisotopic (exact) mass is 378 g/mol. The summed E-state index contributed by atoms with van der Waals surface area (Å²) in [4.78, 5) is 8.60. The molecule has 8 heteroatoms. The number of hydrogen-bond acceptors (Lipinski definition) is 5. The minimum absolute atomic E-state index is 0.271. The van der Waals surface area contributed by atoms with E-state index in [-0.39, 0.29) is 11.4 Å². The molecule has 0 radical (unpaired) electrons. The molecule has 5 rings (SSSR count). The molecule has 1 N–H and O–H groups in total. The maximum absolute atomic E-state index is 13.4. The lowest BCUT2D eigenvalue weighted by Crippen LogP contribution is -2.38. The average Bonchev–Trinajstić information content (AvgIpc) is 3.32. The number of ether oxygens (including phenoxy) is 1. The zero-order valence-electron chi connectivity index (χ0n) is 15.6. The minimum atomic E-state index is -0.377. The summed E-state index contributed by atoms with van der Waals surface area (Å²) < 4.78 is 21.6. The van der Waals surface area contributed by atoms with Crippen LogP contribution in [0.3, 0.4) is 0 Å². The van der Waals surface area contributed by atoms with Crippen molar-refractivity contribution in [2.45, 2.75) is 39.0 Å². The normalized spacial score (nSPS) is 19.1. The summed E-state index contributed by atoms with van der Waals surface area (Å²) in [6.45, 7) is 5.28. The van der Waals surface area contributed by atoms with E-state index in [1.807, 2.05) is 10.7 Å². The Morgan fingerprint density at radius 1 is 1.25 bits per heavy atom. The van der Waals surface area contributed by atoms with Gasteiger partial charge in [0.2, 0.25) is 0 Å². The van der Waals surface area contributed by atoms with Crippen molar-refractivity contribution in [1.29, 1.82) is 0 Å². The van der Waals surface area contributed by atoms with Gasteiger partial charge in [0.1, 0.15) is 11.5 Å². The van der Waals surface area contributed by atoms with Gasteiger partial charge in [0.15, 0.2) is 5.65 Å². The number of fused-ring (bicyclic) bond motifs is 2. The van der Waals surface area contributed by atoms with E-state index in [9.17, 15) is 4.39 Å². The minimum Gasteiger partial charge on any atom is -0.367 e. The van der Waals surface area contributed by atoms with Crippen LogP contribution < -0.4 is 0 Å². The fourth-order valence-electron chi connectivity index (χ4n) is 3.64. The lowest BCUT2D eigenvalue weighted by Gasteiger charge is -2.33. The molecular weight excluding hydrogens is 359 g/mol. The van der Waals surface area contributed by atoms with E-state index in [1.165, 1.54) is 12.3 Å². The number of halogens is 1. The van der Waals surface area contributed by atoms with Crippen LogP contribution in [0.15, 0.2) is 36.8 Å². The van der Waals surface area contributed by atoms with Crippen molar-refractivity contribution in [1.82, 2.24) is 29.9 Å². The van der Waals surface area contributed by atoms with Crippen molar-refractivity contribution < 1.29 is 9.13 Å². The van der Waals surface area contributed by atoms with Gasteiger partial charge >= 0.3 is 0 Å². The highest BCUT2D eigenvalue weighted by Gasteiger charge is 2.34. The van der Waals surface area contributed by atoms with E-state index in [0.717, 1.165) is 28.6 Å². The van der Waals surface area contributed by atoms with Crippen LogP contribution in [-0.4, -0.2) is 35.5 Å². The predicted octanol–water partition coefficient (Wildman–Crippen LogP) is 3.72. The first kappa shape index (κ1) is 17.0. The van der Waals surface area contributed by atoms with Crippen molar-refractivity contribution in [2.24, 2.45) is 0 Å². The number of aromatic nitrogens is 6. The van der Waals surface area contributed by atoms with Crippen molar-refractivity contribution in [3.8, 4) is 22.5 Å². The zero-order chi connectivity index (χ0) is 19.3. The smallest absolute Gasteiger partial charge is 0.155 e. The van der Waals surface area contributed by atoms with Gasteiger partial charge in [-0.05, 0) is 31.5 Å². The standard InChI is InChI=1S/C20H19FN6O/c1-3-20(2)11-27-16(10-28-20)17(13-6-7-22-19-14(13)9-24-25-19)18(26-27)15-5-4-12(21)8-23-15/h4-9H,3,10-11H2,1-2H3,(H,22,24,25)/t20-/m1/s1.